The first-order chi connectivity index (χ1) is 9.60. The van der Waals surface area contributed by atoms with Crippen molar-refractivity contribution < 1.29 is 0 Å². The smallest absolute Gasteiger partial charge is 0.0834 e. The lowest BCUT2D eigenvalue weighted by Crippen LogP contribution is -2.24. The van der Waals surface area contributed by atoms with Crippen molar-refractivity contribution in [2.75, 3.05) is 27.7 Å². The minimum atomic E-state index is 0.295. The molecular formula is C15H29ClN4. The molecule has 0 aliphatic heterocycles. The van der Waals surface area contributed by atoms with Gasteiger partial charge in [0.2, 0.25) is 0 Å². The predicted octanol–water partition coefficient (Wildman–Crippen LogP) is 3.33. The zero-order valence-electron chi connectivity index (χ0n) is 13.3. The van der Waals surface area contributed by atoms with Crippen LogP contribution in [0.1, 0.15) is 50.8 Å². The Balaban J connectivity index is 2.67. The molecule has 1 aromatic heterocycles. The SMILES string of the molecule is CCCCCCC(NC)c1c(Cl)cnn1CCN(C)C. The molecule has 0 aliphatic carbocycles. The van der Waals surface area contributed by atoms with E-state index in [0.717, 1.165) is 30.2 Å². The van der Waals surface area contributed by atoms with Crippen molar-refractivity contribution in [2.24, 2.45) is 0 Å². The number of unbranched alkanes of at least 4 members (excludes halogenated alkanes) is 3. The quantitative estimate of drug-likeness (QED) is 0.673. The standard InChI is InChI=1S/C15H29ClN4/c1-5-6-7-8-9-14(17-2)15-13(16)12-18-20(15)11-10-19(3)4/h12,14,17H,5-11H2,1-4H3. The van der Waals surface area contributed by atoms with Gasteiger partial charge in [-0.15, -0.1) is 0 Å². The summed E-state index contributed by atoms with van der Waals surface area (Å²) in [6.07, 6.45) is 7.98. The summed E-state index contributed by atoms with van der Waals surface area (Å²) in [5.74, 6) is 0. The first-order valence-electron chi connectivity index (χ1n) is 7.63. The summed E-state index contributed by atoms with van der Waals surface area (Å²) in [4.78, 5) is 2.16. The molecule has 1 rings (SSSR count). The average Bonchev–Trinajstić information content (AvgIpc) is 2.78. The molecule has 0 bridgehead atoms. The summed E-state index contributed by atoms with van der Waals surface area (Å²) < 4.78 is 2.04. The molecule has 4 nitrogen and oxygen atoms in total. The van der Waals surface area contributed by atoms with Gasteiger partial charge in [0.05, 0.1) is 29.5 Å². The largest absolute Gasteiger partial charge is 0.312 e. The van der Waals surface area contributed by atoms with Crippen LogP contribution in [-0.4, -0.2) is 42.4 Å². The third-order valence-corrected chi connectivity index (χ3v) is 3.91. The number of likely N-dealkylation sites (N-methyl/N-ethyl adjacent to an activating group) is 1. The Kier molecular flexibility index (Phi) is 8.19. The Bertz CT molecular complexity index is 376. The number of nitrogens with one attached hydrogen (secondary N) is 1. The van der Waals surface area contributed by atoms with E-state index in [1.807, 2.05) is 11.7 Å². The molecule has 0 radical (unpaired) electrons. The van der Waals surface area contributed by atoms with Gasteiger partial charge in [0, 0.05) is 6.54 Å². The molecule has 5 heteroatoms. The van der Waals surface area contributed by atoms with Crippen LogP contribution in [-0.2, 0) is 6.54 Å². The summed E-state index contributed by atoms with van der Waals surface area (Å²) in [6.45, 7) is 4.09. The summed E-state index contributed by atoms with van der Waals surface area (Å²) >= 11 is 6.34. The van der Waals surface area contributed by atoms with Crippen LogP contribution >= 0.6 is 11.6 Å². The van der Waals surface area contributed by atoms with Gasteiger partial charge >= 0.3 is 0 Å². The van der Waals surface area contributed by atoms with Crippen molar-refractivity contribution in [1.29, 1.82) is 0 Å². The monoisotopic (exact) mass is 300 g/mol. The molecule has 0 amide bonds. The van der Waals surface area contributed by atoms with Crippen molar-refractivity contribution in [1.82, 2.24) is 20.0 Å². The van der Waals surface area contributed by atoms with Crippen LogP contribution in [0.2, 0.25) is 5.02 Å². The third-order valence-electron chi connectivity index (χ3n) is 3.62. The van der Waals surface area contributed by atoms with Crippen molar-refractivity contribution in [3.05, 3.63) is 16.9 Å². The Labute approximate surface area is 128 Å². The van der Waals surface area contributed by atoms with E-state index in [1.54, 1.807) is 6.20 Å². The average molecular weight is 301 g/mol. The van der Waals surface area contributed by atoms with E-state index < -0.39 is 0 Å². The highest BCUT2D eigenvalue weighted by Crippen LogP contribution is 2.26. The Morgan fingerprint density at radius 2 is 2.10 bits per heavy atom. The second-order valence-corrected chi connectivity index (χ2v) is 6.00. The lowest BCUT2D eigenvalue weighted by atomic mass is 10.0. The predicted molar refractivity (Wildman–Crippen MR) is 86.4 cm³/mol. The first-order valence-corrected chi connectivity index (χ1v) is 8.01. The van der Waals surface area contributed by atoms with E-state index in [4.69, 9.17) is 11.6 Å². The maximum absolute atomic E-state index is 6.34. The molecule has 1 N–H and O–H groups in total. The van der Waals surface area contributed by atoms with Gasteiger partial charge < -0.3 is 10.2 Å². The second-order valence-electron chi connectivity index (χ2n) is 5.59. The lowest BCUT2D eigenvalue weighted by Gasteiger charge is -2.19. The van der Waals surface area contributed by atoms with Gasteiger partial charge in [-0.3, -0.25) is 4.68 Å². The van der Waals surface area contributed by atoms with Crippen LogP contribution in [0.5, 0.6) is 0 Å². The van der Waals surface area contributed by atoms with Crippen LogP contribution < -0.4 is 5.32 Å². The van der Waals surface area contributed by atoms with Crippen molar-refractivity contribution in [2.45, 2.75) is 51.6 Å². The summed E-state index contributed by atoms with van der Waals surface area (Å²) in [7, 11) is 6.15. The molecule has 1 unspecified atom stereocenters. The van der Waals surface area contributed by atoms with Crippen molar-refractivity contribution in [3.63, 3.8) is 0 Å². The zero-order chi connectivity index (χ0) is 15.0. The Morgan fingerprint density at radius 3 is 2.70 bits per heavy atom. The molecule has 0 saturated heterocycles. The normalized spacial score (nSPS) is 13.1. The Hall–Kier alpha value is -0.580. The molecular weight excluding hydrogens is 272 g/mol. The molecule has 0 fully saturated rings. The first kappa shape index (κ1) is 17.5. The Morgan fingerprint density at radius 1 is 1.35 bits per heavy atom. The van der Waals surface area contributed by atoms with E-state index in [0.29, 0.717) is 6.04 Å². The van der Waals surface area contributed by atoms with E-state index in [-0.39, 0.29) is 0 Å². The summed E-state index contributed by atoms with van der Waals surface area (Å²) in [6, 6.07) is 0.295. The maximum atomic E-state index is 6.34. The van der Waals surface area contributed by atoms with E-state index >= 15 is 0 Å². The molecule has 0 spiro atoms. The second kappa shape index (κ2) is 9.37. The number of rotatable bonds is 10. The topological polar surface area (TPSA) is 33.1 Å². The van der Waals surface area contributed by atoms with Crippen LogP contribution in [0, 0.1) is 0 Å². The van der Waals surface area contributed by atoms with E-state index in [2.05, 4.69) is 36.3 Å². The van der Waals surface area contributed by atoms with Gasteiger partial charge in [0.15, 0.2) is 0 Å². The molecule has 0 aliphatic rings. The van der Waals surface area contributed by atoms with Gasteiger partial charge in [-0.2, -0.15) is 5.10 Å². The van der Waals surface area contributed by atoms with Crippen LogP contribution in [0.25, 0.3) is 0 Å². The van der Waals surface area contributed by atoms with Crippen molar-refractivity contribution in [3.8, 4) is 0 Å². The van der Waals surface area contributed by atoms with Gasteiger partial charge in [-0.25, -0.2) is 0 Å². The fraction of sp³-hybridized carbons (Fsp3) is 0.800. The number of hydrogen-bond acceptors (Lipinski definition) is 3. The lowest BCUT2D eigenvalue weighted by molar-refractivity contribution is 0.360. The highest BCUT2D eigenvalue weighted by molar-refractivity contribution is 6.31. The van der Waals surface area contributed by atoms with Gasteiger partial charge in [-0.1, -0.05) is 44.2 Å². The fourth-order valence-corrected chi connectivity index (χ4v) is 2.66. The van der Waals surface area contributed by atoms with Gasteiger partial charge in [-0.05, 0) is 27.6 Å². The summed E-state index contributed by atoms with van der Waals surface area (Å²) in [5.41, 5.74) is 1.13. The van der Waals surface area contributed by atoms with Gasteiger partial charge in [0.25, 0.3) is 0 Å². The molecule has 0 aromatic carbocycles. The van der Waals surface area contributed by atoms with Crippen LogP contribution in [0.15, 0.2) is 6.20 Å². The molecule has 1 aromatic rings. The van der Waals surface area contributed by atoms with Crippen molar-refractivity contribution >= 4 is 11.6 Å². The number of halogens is 1. The number of hydrogen-bond donors (Lipinski definition) is 1. The van der Waals surface area contributed by atoms with E-state index in [9.17, 15) is 0 Å². The zero-order valence-corrected chi connectivity index (χ0v) is 14.1. The highest BCUT2D eigenvalue weighted by atomic mass is 35.5. The van der Waals surface area contributed by atoms with Crippen LogP contribution in [0.3, 0.4) is 0 Å². The third kappa shape index (κ3) is 5.43. The molecule has 1 heterocycles. The highest BCUT2D eigenvalue weighted by Gasteiger charge is 2.18. The minimum absolute atomic E-state index is 0.295. The van der Waals surface area contributed by atoms with E-state index in [1.165, 1.54) is 25.7 Å². The minimum Gasteiger partial charge on any atom is -0.312 e. The molecule has 116 valence electrons. The molecule has 0 saturated carbocycles. The number of nitrogens with zero attached hydrogens (tertiary/aromatic N) is 3. The van der Waals surface area contributed by atoms with Gasteiger partial charge in [0.1, 0.15) is 0 Å². The summed E-state index contributed by atoms with van der Waals surface area (Å²) in [5, 5.41) is 8.59. The fourth-order valence-electron chi connectivity index (χ4n) is 2.38. The number of aromatic nitrogens is 2. The maximum Gasteiger partial charge on any atom is 0.0834 e. The molecule has 20 heavy (non-hydrogen) atoms. The van der Waals surface area contributed by atoms with Crippen LogP contribution in [0.4, 0.5) is 0 Å². The molecule has 1 atom stereocenters.